The van der Waals surface area contributed by atoms with E-state index in [-0.39, 0.29) is 5.91 Å². The first-order valence-corrected chi connectivity index (χ1v) is 8.54. The van der Waals surface area contributed by atoms with Crippen LogP contribution >= 0.6 is 0 Å². The molecule has 1 amide bonds. The standard InChI is InChI=1S/C18H30N4O/c1-4-6-7-11-21-18(19-5-2)22-13-12-20-17(23)16-10-8-9-15(3)14-16/h8-10,14H,4-7,11-13H2,1-3H3,(H,20,23)(H2,19,21,22). The number of nitrogens with zero attached hydrogens (tertiary/aromatic N) is 1. The van der Waals surface area contributed by atoms with Crippen LogP contribution in [0.15, 0.2) is 29.3 Å². The molecule has 128 valence electrons. The van der Waals surface area contributed by atoms with E-state index in [9.17, 15) is 4.79 Å². The second-order valence-corrected chi connectivity index (χ2v) is 5.52. The molecule has 0 fully saturated rings. The van der Waals surface area contributed by atoms with Crippen LogP contribution in [-0.4, -0.2) is 38.0 Å². The Labute approximate surface area is 140 Å². The highest BCUT2D eigenvalue weighted by atomic mass is 16.1. The molecule has 0 aromatic heterocycles. The van der Waals surface area contributed by atoms with E-state index < -0.39 is 0 Å². The molecule has 0 aliphatic heterocycles. The summed E-state index contributed by atoms with van der Waals surface area (Å²) in [4.78, 5) is 16.5. The fraction of sp³-hybridized carbons (Fsp3) is 0.556. The first kappa shape index (κ1) is 19.0. The Balaban J connectivity index is 2.31. The van der Waals surface area contributed by atoms with Gasteiger partial charge in [0.1, 0.15) is 0 Å². The van der Waals surface area contributed by atoms with Gasteiger partial charge in [0.25, 0.3) is 5.91 Å². The van der Waals surface area contributed by atoms with Gasteiger partial charge in [0.15, 0.2) is 5.96 Å². The van der Waals surface area contributed by atoms with Gasteiger partial charge in [0, 0.05) is 31.7 Å². The van der Waals surface area contributed by atoms with Crippen LogP contribution in [0.4, 0.5) is 0 Å². The number of nitrogens with one attached hydrogen (secondary N) is 3. The van der Waals surface area contributed by atoms with E-state index in [1.54, 1.807) is 0 Å². The summed E-state index contributed by atoms with van der Waals surface area (Å²) < 4.78 is 0. The van der Waals surface area contributed by atoms with Gasteiger partial charge in [0.2, 0.25) is 0 Å². The summed E-state index contributed by atoms with van der Waals surface area (Å²) in [5.41, 5.74) is 1.79. The number of aliphatic imine (C=N–C) groups is 1. The molecule has 5 heteroatoms. The molecule has 3 N–H and O–H groups in total. The smallest absolute Gasteiger partial charge is 0.251 e. The number of hydrogen-bond donors (Lipinski definition) is 3. The number of rotatable bonds is 9. The molecule has 0 bridgehead atoms. The first-order chi connectivity index (χ1) is 11.2. The number of carbonyl (C=O) groups is 1. The number of benzene rings is 1. The van der Waals surface area contributed by atoms with E-state index in [1.165, 1.54) is 12.8 Å². The predicted molar refractivity (Wildman–Crippen MR) is 97.0 cm³/mol. The quantitative estimate of drug-likeness (QED) is 0.372. The largest absolute Gasteiger partial charge is 0.357 e. The maximum absolute atomic E-state index is 12.0. The zero-order chi connectivity index (χ0) is 16.9. The van der Waals surface area contributed by atoms with E-state index in [0.717, 1.165) is 31.0 Å². The molecule has 0 spiro atoms. The lowest BCUT2D eigenvalue weighted by Crippen LogP contribution is -2.41. The monoisotopic (exact) mass is 318 g/mol. The SMILES string of the molecule is CCCCCN=C(NCC)NCCNC(=O)c1cccc(C)c1. The van der Waals surface area contributed by atoms with Crippen molar-refractivity contribution in [2.45, 2.75) is 40.0 Å². The average molecular weight is 318 g/mol. The van der Waals surface area contributed by atoms with Crippen molar-refractivity contribution in [1.82, 2.24) is 16.0 Å². The van der Waals surface area contributed by atoms with Crippen LogP contribution in [0.5, 0.6) is 0 Å². The van der Waals surface area contributed by atoms with Crippen molar-refractivity contribution in [3.8, 4) is 0 Å². The molecule has 5 nitrogen and oxygen atoms in total. The summed E-state index contributed by atoms with van der Waals surface area (Å²) in [5.74, 6) is 0.772. The van der Waals surface area contributed by atoms with E-state index in [4.69, 9.17) is 0 Å². The van der Waals surface area contributed by atoms with Gasteiger partial charge in [-0.2, -0.15) is 0 Å². The highest BCUT2D eigenvalue weighted by molar-refractivity contribution is 5.94. The van der Waals surface area contributed by atoms with Crippen LogP contribution in [0.25, 0.3) is 0 Å². The van der Waals surface area contributed by atoms with Crippen molar-refractivity contribution in [3.63, 3.8) is 0 Å². The number of aryl methyl sites for hydroxylation is 1. The fourth-order valence-corrected chi connectivity index (χ4v) is 2.14. The van der Waals surface area contributed by atoms with Crippen molar-refractivity contribution < 1.29 is 4.79 Å². The zero-order valence-corrected chi connectivity index (χ0v) is 14.6. The number of guanidine groups is 1. The number of hydrogen-bond acceptors (Lipinski definition) is 2. The van der Waals surface area contributed by atoms with Crippen molar-refractivity contribution in [2.24, 2.45) is 4.99 Å². The average Bonchev–Trinajstić information content (AvgIpc) is 2.55. The van der Waals surface area contributed by atoms with Crippen LogP contribution in [0.3, 0.4) is 0 Å². The molecule has 0 aliphatic rings. The molecule has 0 saturated carbocycles. The van der Waals surface area contributed by atoms with E-state index >= 15 is 0 Å². The van der Waals surface area contributed by atoms with Crippen LogP contribution in [-0.2, 0) is 0 Å². The third-order valence-corrected chi connectivity index (χ3v) is 3.36. The molecule has 1 rings (SSSR count). The normalized spacial score (nSPS) is 11.2. The lowest BCUT2D eigenvalue weighted by atomic mass is 10.1. The van der Waals surface area contributed by atoms with Crippen LogP contribution in [0.1, 0.15) is 49.0 Å². The van der Waals surface area contributed by atoms with Gasteiger partial charge in [-0.3, -0.25) is 9.79 Å². The van der Waals surface area contributed by atoms with Crippen LogP contribution in [0, 0.1) is 6.92 Å². The Kier molecular flexibility index (Phi) is 9.52. The minimum Gasteiger partial charge on any atom is -0.357 e. The van der Waals surface area contributed by atoms with E-state index in [2.05, 4.69) is 27.9 Å². The second kappa shape index (κ2) is 11.5. The maximum atomic E-state index is 12.0. The second-order valence-electron chi connectivity index (χ2n) is 5.52. The van der Waals surface area contributed by atoms with Crippen molar-refractivity contribution in [1.29, 1.82) is 0 Å². The maximum Gasteiger partial charge on any atom is 0.251 e. The lowest BCUT2D eigenvalue weighted by Gasteiger charge is -2.12. The molecule has 23 heavy (non-hydrogen) atoms. The Bertz CT molecular complexity index is 500. The van der Waals surface area contributed by atoms with Gasteiger partial charge in [0.05, 0.1) is 0 Å². The summed E-state index contributed by atoms with van der Waals surface area (Å²) in [6.45, 7) is 9.08. The molecular weight excluding hydrogens is 288 g/mol. The number of carbonyl (C=O) groups excluding carboxylic acids is 1. The van der Waals surface area contributed by atoms with Crippen molar-refractivity contribution in [3.05, 3.63) is 35.4 Å². The number of amides is 1. The van der Waals surface area contributed by atoms with Gasteiger partial charge in [-0.1, -0.05) is 37.5 Å². The Hall–Kier alpha value is -2.04. The summed E-state index contributed by atoms with van der Waals surface area (Å²) in [7, 11) is 0. The number of unbranched alkanes of at least 4 members (excludes halogenated alkanes) is 2. The van der Waals surface area contributed by atoms with Gasteiger partial charge in [-0.05, 0) is 32.4 Å². The van der Waals surface area contributed by atoms with Crippen molar-refractivity contribution >= 4 is 11.9 Å². The summed E-state index contributed by atoms with van der Waals surface area (Å²) in [6, 6.07) is 7.60. The molecule has 0 heterocycles. The first-order valence-electron chi connectivity index (χ1n) is 8.54. The molecule has 0 radical (unpaired) electrons. The highest BCUT2D eigenvalue weighted by Gasteiger charge is 2.04. The summed E-state index contributed by atoms with van der Waals surface area (Å²) in [6.07, 6.45) is 3.51. The van der Waals surface area contributed by atoms with E-state index in [0.29, 0.717) is 18.7 Å². The lowest BCUT2D eigenvalue weighted by molar-refractivity contribution is 0.0954. The van der Waals surface area contributed by atoms with Crippen LogP contribution < -0.4 is 16.0 Å². The molecule has 1 aromatic rings. The molecular formula is C18H30N4O. The predicted octanol–water partition coefficient (Wildman–Crippen LogP) is 2.47. The van der Waals surface area contributed by atoms with Gasteiger partial charge < -0.3 is 16.0 Å². The topological polar surface area (TPSA) is 65.5 Å². The molecule has 0 unspecified atom stereocenters. The zero-order valence-electron chi connectivity index (χ0n) is 14.6. The van der Waals surface area contributed by atoms with Gasteiger partial charge in [-0.15, -0.1) is 0 Å². The Morgan fingerprint density at radius 1 is 1.09 bits per heavy atom. The molecule has 0 aliphatic carbocycles. The molecule has 0 atom stereocenters. The highest BCUT2D eigenvalue weighted by Crippen LogP contribution is 2.03. The molecule has 1 aromatic carbocycles. The van der Waals surface area contributed by atoms with E-state index in [1.807, 2.05) is 38.1 Å². The summed E-state index contributed by atoms with van der Waals surface area (Å²) in [5, 5.41) is 9.37. The minimum atomic E-state index is -0.0413. The molecule has 0 saturated heterocycles. The summed E-state index contributed by atoms with van der Waals surface area (Å²) >= 11 is 0. The third kappa shape index (κ3) is 8.24. The fourth-order valence-electron chi connectivity index (χ4n) is 2.14. The Morgan fingerprint density at radius 3 is 2.57 bits per heavy atom. The minimum absolute atomic E-state index is 0.0413. The van der Waals surface area contributed by atoms with Crippen molar-refractivity contribution in [2.75, 3.05) is 26.2 Å². The van der Waals surface area contributed by atoms with Gasteiger partial charge >= 0.3 is 0 Å². The Morgan fingerprint density at radius 2 is 1.87 bits per heavy atom. The third-order valence-electron chi connectivity index (χ3n) is 3.36. The van der Waals surface area contributed by atoms with Gasteiger partial charge in [-0.25, -0.2) is 0 Å². The van der Waals surface area contributed by atoms with Crippen LogP contribution in [0.2, 0.25) is 0 Å².